The monoisotopic (exact) mass is 436 g/mol. The van der Waals surface area contributed by atoms with Gasteiger partial charge in [0, 0.05) is 18.8 Å². The highest BCUT2D eigenvalue weighted by Gasteiger charge is 2.27. The lowest BCUT2D eigenvalue weighted by Crippen LogP contribution is -2.35. The highest BCUT2D eigenvalue weighted by atomic mass is 32.2. The van der Waals surface area contributed by atoms with E-state index in [9.17, 15) is 13.2 Å². The molecule has 0 fully saturated rings. The number of nitrogens with zero attached hydrogens (tertiary/aromatic N) is 1. The number of hydrogen-bond acceptors (Lipinski definition) is 6. The van der Waals surface area contributed by atoms with Gasteiger partial charge in [-0.25, -0.2) is 8.42 Å². The number of anilines is 1. The summed E-state index contributed by atoms with van der Waals surface area (Å²) in [5, 5.41) is 2.67. The van der Waals surface area contributed by atoms with E-state index >= 15 is 0 Å². The van der Waals surface area contributed by atoms with Crippen molar-refractivity contribution in [2.24, 2.45) is 0 Å². The summed E-state index contributed by atoms with van der Waals surface area (Å²) in [7, 11) is 1.82. The van der Waals surface area contributed by atoms with E-state index in [0.717, 1.165) is 9.87 Å². The first-order chi connectivity index (χ1) is 14.1. The van der Waals surface area contributed by atoms with E-state index in [1.165, 1.54) is 28.4 Å². The normalized spacial score (nSPS) is 11.5. The molecule has 0 aliphatic carbocycles. The van der Waals surface area contributed by atoms with Crippen LogP contribution in [-0.2, 0) is 14.8 Å². The third kappa shape index (κ3) is 5.22. The molecule has 164 valence electrons. The predicted octanol–water partition coefficient (Wildman–Crippen LogP) is 3.10. The van der Waals surface area contributed by atoms with Gasteiger partial charge in [-0.3, -0.25) is 4.79 Å². The first-order valence-electron chi connectivity index (χ1n) is 9.30. The SMILES string of the molecule is COc1ccc(NC(=O)CN(C)S(=O)(=O)c2cc(C(C)C)ccc2OC)cc1OC. The fourth-order valence-corrected chi connectivity index (χ4v) is 4.14. The van der Waals surface area contributed by atoms with E-state index in [2.05, 4.69) is 5.32 Å². The number of methoxy groups -OCH3 is 3. The Balaban J connectivity index is 2.21. The molecule has 0 unspecified atom stereocenters. The standard InChI is InChI=1S/C21H28N2O6S/c1-14(2)15-7-9-18(28-5)20(11-15)30(25,26)23(3)13-21(24)22-16-8-10-17(27-4)19(12-16)29-6/h7-12,14H,13H2,1-6H3,(H,22,24). The van der Waals surface area contributed by atoms with E-state index in [0.29, 0.717) is 17.2 Å². The lowest BCUT2D eigenvalue weighted by Gasteiger charge is -2.20. The highest BCUT2D eigenvalue weighted by Crippen LogP contribution is 2.31. The third-order valence-electron chi connectivity index (χ3n) is 4.58. The molecule has 0 bridgehead atoms. The number of amides is 1. The van der Waals surface area contributed by atoms with Gasteiger partial charge in [0.25, 0.3) is 0 Å². The van der Waals surface area contributed by atoms with Gasteiger partial charge in [-0.2, -0.15) is 4.31 Å². The summed E-state index contributed by atoms with van der Waals surface area (Å²) < 4.78 is 42.8. The molecule has 0 atom stereocenters. The van der Waals surface area contributed by atoms with Crippen molar-refractivity contribution in [1.82, 2.24) is 4.31 Å². The van der Waals surface area contributed by atoms with Crippen molar-refractivity contribution >= 4 is 21.6 Å². The van der Waals surface area contributed by atoms with Gasteiger partial charge < -0.3 is 19.5 Å². The molecule has 0 aliphatic rings. The van der Waals surface area contributed by atoms with Crippen LogP contribution >= 0.6 is 0 Å². The molecule has 30 heavy (non-hydrogen) atoms. The third-order valence-corrected chi connectivity index (χ3v) is 6.40. The minimum atomic E-state index is -3.95. The number of rotatable bonds is 9. The summed E-state index contributed by atoms with van der Waals surface area (Å²) in [6.07, 6.45) is 0. The summed E-state index contributed by atoms with van der Waals surface area (Å²) in [6.45, 7) is 3.57. The maximum atomic E-state index is 13.1. The molecular weight excluding hydrogens is 408 g/mol. The summed E-state index contributed by atoms with van der Waals surface area (Å²) >= 11 is 0. The Bertz CT molecular complexity index is 1000. The van der Waals surface area contributed by atoms with Gasteiger partial charge in [0.1, 0.15) is 10.6 Å². The van der Waals surface area contributed by atoms with Gasteiger partial charge in [-0.15, -0.1) is 0 Å². The van der Waals surface area contributed by atoms with Crippen LogP contribution < -0.4 is 19.5 Å². The second kappa shape index (κ2) is 9.82. The Hall–Kier alpha value is -2.78. The average molecular weight is 437 g/mol. The fraction of sp³-hybridized carbons (Fsp3) is 0.381. The molecule has 9 heteroatoms. The molecule has 2 aromatic carbocycles. The largest absolute Gasteiger partial charge is 0.495 e. The fourth-order valence-electron chi connectivity index (χ4n) is 2.82. The van der Waals surface area contributed by atoms with E-state index < -0.39 is 15.9 Å². The predicted molar refractivity (Wildman–Crippen MR) is 115 cm³/mol. The number of nitrogens with one attached hydrogen (secondary N) is 1. The average Bonchev–Trinajstić information content (AvgIpc) is 2.72. The molecule has 0 heterocycles. The molecule has 1 N–H and O–H groups in total. The number of carbonyl (C=O) groups is 1. The second-order valence-electron chi connectivity index (χ2n) is 6.94. The molecule has 2 rings (SSSR count). The van der Waals surface area contributed by atoms with Crippen molar-refractivity contribution in [3.8, 4) is 17.2 Å². The van der Waals surface area contributed by atoms with Crippen molar-refractivity contribution in [3.63, 3.8) is 0 Å². The molecule has 0 saturated heterocycles. The first kappa shape index (κ1) is 23.5. The van der Waals surface area contributed by atoms with Crippen LogP contribution in [-0.4, -0.2) is 53.6 Å². The number of hydrogen-bond donors (Lipinski definition) is 1. The van der Waals surface area contributed by atoms with Crippen LogP contribution in [0.1, 0.15) is 25.3 Å². The topological polar surface area (TPSA) is 94.2 Å². The van der Waals surface area contributed by atoms with Crippen LogP contribution in [0.3, 0.4) is 0 Å². The maximum absolute atomic E-state index is 13.1. The molecule has 0 aromatic heterocycles. The van der Waals surface area contributed by atoms with Crippen LogP contribution in [0.15, 0.2) is 41.3 Å². The molecule has 0 aliphatic heterocycles. The van der Waals surface area contributed by atoms with Gasteiger partial charge in [0.05, 0.1) is 27.9 Å². The Morgan fingerprint density at radius 2 is 1.57 bits per heavy atom. The molecule has 8 nitrogen and oxygen atoms in total. The zero-order chi connectivity index (χ0) is 22.5. The van der Waals surface area contributed by atoms with Gasteiger partial charge in [-0.05, 0) is 35.7 Å². The van der Waals surface area contributed by atoms with Crippen LogP contribution in [0, 0.1) is 0 Å². The van der Waals surface area contributed by atoms with Crippen LogP contribution in [0.25, 0.3) is 0 Å². The second-order valence-corrected chi connectivity index (χ2v) is 8.96. The van der Waals surface area contributed by atoms with Crippen LogP contribution in [0.2, 0.25) is 0 Å². The summed E-state index contributed by atoms with van der Waals surface area (Å²) in [5.74, 6) is 0.848. The molecule has 2 aromatic rings. The molecule has 0 spiro atoms. The van der Waals surface area contributed by atoms with Crippen molar-refractivity contribution < 1.29 is 27.4 Å². The van der Waals surface area contributed by atoms with Gasteiger partial charge in [0.15, 0.2) is 11.5 Å². The van der Waals surface area contributed by atoms with E-state index in [4.69, 9.17) is 14.2 Å². The van der Waals surface area contributed by atoms with Gasteiger partial charge in [-0.1, -0.05) is 19.9 Å². The quantitative estimate of drug-likeness (QED) is 0.649. The Morgan fingerprint density at radius 3 is 2.13 bits per heavy atom. The van der Waals surface area contributed by atoms with Crippen LogP contribution in [0.5, 0.6) is 17.2 Å². The van der Waals surface area contributed by atoms with Crippen molar-refractivity contribution in [2.45, 2.75) is 24.7 Å². The number of ether oxygens (including phenoxy) is 3. The van der Waals surface area contributed by atoms with E-state index in [1.54, 1.807) is 30.3 Å². The summed E-state index contributed by atoms with van der Waals surface area (Å²) in [5.41, 5.74) is 1.32. The molecule has 0 saturated carbocycles. The van der Waals surface area contributed by atoms with Crippen molar-refractivity contribution in [2.75, 3.05) is 40.2 Å². The summed E-state index contributed by atoms with van der Waals surface area (Å²) in [6, 6.07) is 9.92. The van der Waals surface area contributed by atoms with Crippen molar-refractivity contribution in [1.29, 1.82) is 0 Å². The Morgan fingerprint density at radius 1 is 0.967 bits per heavy atom. The number of carbonyl (C=O) groups excluding carboxylic acids is 1. The number of sulfonamides is 1. The number of likely N-dealkylation sites (N-methyl/N-ethyl adjacent to an activating group) is 1. The van der Waals surface area contributed by atoms with E-state index in [-0.39, 0.29) is 23.1 Å². The molecular formula is C21H28N2O6S. The lowest BCUT2D eigenvalue weighted by molar-refractivity contribution is -0.116. The first-order valence-corrected chi connectivity index (χ1v) is 10.7. The molecule has 1 amide bonds. The smallest absolute Gasteiger partial charge is 0.246 e. The van der Waals surface area contributed by atoms with Crippen LogP contribution in [0.4, 0.5) is 5.69 Å². The maximum Gasteiger partial charge on any atom is 0.246 e. The lowest BCUT2D eigenvalue weighted by atomic mass is 10.0. The Kier molecular flexibility index (Phi) is 7.69. The zero-order valence-corrected chi connectivity index (χ0v) is 18.9. The minimum Gasteiger partial charge on any atom is -0.495 e. The van der Waals surface area contributed by atoms with Gasteiger partial charge in [0.2, 0.25) is 15.9 Å². The highest BCUT2D eigenvalue weighted by molar-refractivity contribution is 7.89. The van der Waals surface area contributed by atoms with Crippen molar-refractivity contribution in [3.05, 3.63) is 42.0 Å². The minimum absolute atomic E-state index is 0.0256. The number of benzene rings is 2. The van der Waals surface area contributed by atoms with E-state index in [1.807, 2.05) is 19.9 Å². The molecule has 0 radical (unpaired) electrons. The summed E-state index contributed by atoms with van der Waals surface area (Å²) in [4.78, 5) is 12.5. The van der Waals surface area contributed by atoms with Gasteiger partial charge >= 0.3 is 0 Å². The Labute approximate surface area is 177 Å². The zero-order valence-electron chi connectivity index (χ0n) is 18.1.